The first-order chi connectivity index (χ1) is 13.7. The molecule has 4 rings (SSSR count). The number of methoxy groups -OCH3 is 2. The SMILES string of the molecule is COc1cc(OC)c(Cl)c(-c2cc3cnc(Cl)cc3c(N3CC(C)(C)C3)n2)c1Cl. The number of halogens is 3. The summed E-state index contributed by atoms with van der Waals surface area (Å²) in [6.45, 7) is 6.23. The van der Waals surface area contributed by atoms with Gasteiger partial charge in [0.05, 0.1) is 30.0 Å². The van der Waals surface area contributed by atoms with Crippen molar-refractivity contribution >= 4 is 51.4 Å². The molecule has 3 aromatic rings. The first-order valence-electron chi connectivity index (χ1n) is 9.05. The number of aromatic nitrogens is 2. The third kappa shape index (κ3) is 3.56. The molecule has 5 nitrogen and oxygen atoms in total. The number of nitrogens with zero attached hydrogens (tertiary/aromatic N) is 3. The van der Waals surface area contributed by atoms with Gasteiger partial charge in [-0.2, -0.15) is 0 Å². The summed E-state index contributed by atoms with van der Waals surface area (Å²) in [5.74, 6) is 1.76. The van der Waals surface area contributed by atoms with Crippen LogP contribution in [-0.4, -0.2) is 37.3 Å². The summed E-state index contributed by atoms with van der Waals surface area (Å²) in [6.07, 6.45) is 1.73. The molecule has 1 aliphatic rings. The van der Waals surface area contributed by atoms with Gasteiger partial charge in [-0.05, 0) is 17.5 Å². The van der Waals surface area contributed by atoms with Crippen molar-refractivity contribution in [1.29, 1.82) is 0 Å². The molecular weight excluding hydrogens is 433 g/mol. The zero-order chi connectivity index (χ0) is 20.9. The number of hydrogen-bond acceptors (Lipinski definition) is 5. The van der Waals surface area contributed by atoms with E-state index in [1.54, 1.807) is 26.5 Å². The minimum Gasteiger partial charge on any atom is -0.495 e. The molecule has 1 aliphatic heterocycles. The van der Waals surface area contributed by atoms with Gasteiger partial charge >= 0.3 is 0 Å². The molecule has 1 fully saturated rings. The predicted octanol–water partition coefficient (Wildman–Crippen LogP) is 6.12. The Labute approximate surface area is 184 Å². The third-order valence-corrected chi connectivity index (χ3v) is 5.99. The highest BCUT2D eigenvalue weighted by molar-refractivity contribution is 6.41. The van der Waals surface area contributed by atoms with E-state index in [1.165, 1.54) is 0 Å². The van der Waals surface area contributed by atoms with Crippen LogP contribution in [0.5, 0.6) is 11.5 Å². The lowest BCUT2D eigenvalue weighted by molar-refractivity contribution is 0.275. The Morgan fingerprint density at radius 2 is 1.59 bits per heavy atom. The summed E-state index contributed by atoms with van der Waals surface area (Å²) in [6, 6.07) is 5.40. The Morgan fingerprint density at radius 1 is 0.966 bits per heavy atom. The van der Waals surface area contributed by atoms with Crippen molar-refractivity contribution in [2.24, 2.45) is 5.41 Å². The second-order valence-corrected chi connectivity index (χ2v) is 9.01. The fraction of sp³-hybridized carbons (Fsp3) is 0.333. The van der Waals surface area contributed by atoms with Gasteiger partial charge in [0.25, 0.3) is 0 Å². The van der Waals surface area contributed by atoms with E-state index in [-0.39, 0.29) is 5.41 Å². The molecule has 8 heteroatoms. The highest BCUT2D eigenvalue weighted by Gasteiger charge is 2.36. The minimum atomic E-state index is 0.231. The number of pyridine rings is 2. The molecule has 29 heavy (non-hydrogen) atoms. The quantitative estimate of drug-likeness (QED) is 0.446. The van der Waals surface area contributed by atoms with Gasteiger partial charge in [0, 0.05) is 41.7 Å². The molecular formula is C21H20Cl3N3O2. The van der Waals surface area contributed by atoms with Gasteiger partial charge in [0.1, 0.15) is 22.5 Å². The molecule has 1 aromatic carbocycles. The molecule has 0 aliphatic carbocycles. The number of benzene rings is 1. The second-order valence-electron chi connectivity index (χ2n) is 7.86. The van der Waals surface area contributed by atoms with Gasteiger partial charge in [0.2, 0.25) is 0 Å². The normalized spacial score (nSPS) is 15.3. The second kappa shape index (κ2) is 7.38. The number of hydrogen-bond donors (Lipinski definition) is 0. The lowest BCUT2D eigenvalue weighted by atomic mass is 9.84. The molecule has 0 unspecified atom stereocenters. The molecule has 0 radical (unpaired) electrons. The van der Waals surface area contributed by atoms with Gasteiger partial charge in [-0.15, -0.1) is 0 Å². The first-order valence-corrected chi connectivity index (χ1v) is 10.2. The summed E-state index contributed by atoms with van der Waals surface area (Å²) in [5.41, 5.74) is 1.41. The molecule has 3 heterocycles. The Kier molecular flexibility index (Phi) is 5.18. The van der Waals surface area contributed by atoms with E-state index in [9.17, 15) is 0 Å². The number of anilines is 1. The van der Waals surface area contributed by atoms with Crippen molar-refractivity contribution in [2.75, 3.05) is 32.2 Å². The Bertz CT molecular complexity index is 1080. The van der Waals surface area contributed by atoms with Crippen LogP contribution >= 0.6 is 34.8 Å². The van der Waals surface area contributed by atoms with Crippen LogP contribution in [0.3, 0.4) is 0 Å². The molecule has 0 N–H and O–H groups in total. The zero-order valence-electron chi connectivity index (χ0n) is 16.5. The van der Waals surface area contributed by atoms with Gasteiger partial charge in [-0.25, -0.2) is 9.97 Å². The van der Waals surface area contributed by atoms with Crippen LogP contribution in [0, 0.1) is 5.41 Å². The van der Waals surface area contributed by atoms with Crippen LogP contribution in [0.2, 0.25) is 15.2 Å². The first kappa shape index (κ1) is 20.3. The standard InChI is InChI=1S/C21H20Cl3N3O2/c1-21(2)9-27(10-21)20-12-6-16(22)25-8-11(12)5-13(26-20)17-18(23)14(28-3)7-15(29-4)19(17)24/h5-8H,9-10H2,1-4H3. The van der Waals surface area contributed by atoms with Crippen molar-refractivity contribution in [2.45, 2.75) is 13.8 Å². The number of ether oxygens (including phenoxy) is 2. The lowest BCUT2D eigenvalue weighted by Gasteiger charge is -2.47. The zero-order valence-corrected chi connectivity index (χ0v) is 18.8. The monoisotopic (exact) mass is 451 g/mol. The summed E-state index contributed by atoms with van der Waals surface area (Å²) in [5, 5.41) is 3.01. The summed E-state index contributed by atoms with van der Waals surface area (Å²) in [7, 11) is 3.09. The van der Waals surface area contributed by atoms with Crippen molar-refractivity contribution in [3.05, 3.63) is 39.6 Å². The van der Waals surface area contributed by atoms with Gasteiger partial charge in [-0.3, -0.25) is 0 Å². The summed E-state index contributed by atoms with van der Waals surface area (Å²) in [4.78, 5) is 11.4. The third-order valence-electron chi connectivity index (χ3n) is 5.03. The maximum atomic E-state index is 6.62. The molecule has 152 valence electrons. The van der Waals surface area contributed by atoms with Crippen LogP contribution in [0.25, 0.3) is 22.0 Å². The van der Waals surface area contributed by atoms with Crippen molar-refractivity contribution in [1.82, 2.24) is 9.97 Å². The predicted molar refractivity (Wildman–Crippen MR) is 119 cm³/mol. The highest BCUT2D eigenvalue weighted by Crippen LogP contribution is 2.47. The Balaban J connectivity index is 1.98. The molecule has 1 saturated heterocycles. The Morgan fingerprint density at radius 3 is 2.14 bits per heavy atom. The fourth-order valence-corrected chi connectivity index (χ4v) is 4.57. The molecule has 0 spiro atoms. The maximum absolute atomic E-state index is 6.62. The maximum Gasteiger partial charge on any atom is 0.141 e. The van der Waals surface area contributed by atoms with Crippen LogP contribution in [0.15, 0.2) is 24.4 Å². The van der Waals surface area contributed by atoms with Crippen molar-refractivity contribution in [3.8, 4) is 22.8 Å². The smallest absolute Gasteiger partial charge is 0.141 e. The highest BCUT2D eigenvalue weighted by atomic mass is 35.5. The molecule has 0 saturated carbocycles. The van der Waals surface area contributed by atoms with E-state index in [4.69, 9.17) is 49.3 Å². The van der Waals surface area contributed by atoms with E-state index >= 15 is 0 Å². The largest absolute Gasteiger partial charge is 0.495 e. The molecule has 2 aromatic heterocycles. The average Bonchev–Trinajstić information content (AvgIpc) is 2.66. The van der Waals surface area contributed by atoms with Crippen molar-refractivity contribution in [3.63, 3.8) is 0 Å². The van der Waals surface area contributed by atoms with E-state index < -0.39 is 0 Å². The van der Waals surface area contributed by atoms with E-state index in [1.807, 2.05) is 12.1 Å². The summed E-state index contributed by atoms with van der Waals surface area (Å²) >= 11 is 19.4. The lowest BCUT2D eigenvalue weighted by Crippen LogP contribution is -2.53. The van der Waals surface area contributed by atoms with Crippen LogP contribution in [-0.2, 0) is 0 Å². The van der Waals surface area contributed by atoms with Gasteiger partial charge < -0.3 is 14.4 Å². The van der Waals surface area contributed by atoms with Crippen LogP contribution in [0.1, 0.15) is 13.8 Å². The number of rotatable bonds is 4. The van der Waals surface area contributed by atoms with Crippen LogP contribution < -0.4 is 14.4 Å². The van der Waals surface area contributed by atoms with E-state index in [2.05, 4.69) is 23.7 Å². The molecule has 0 amide bonds. The van der Waals surface area contributed by atoms with E-state index in [0.29, 0.717) is 38.0 Å². The number of fused-ring (bicyclic) bond motifs is 1. The van der Waals surface area contributed by atoms with Gasteiger partial charge in [0.15, 0.2) is 0 Å². The fourth-order valence-electron chi connectivity index (χ4n) is 3.72. The Hall–Kier alpha value is -1.95. The minimum absolute atomic E-state index is 0.231. The van der Waals surface area contributed by atoms with E-state index in [0.717, 1.165) is 29.7 Å². The molecule has 0 bridgehead atoms. The average molecular weight is 453 g/mol. The topological polar surface area (TPSA) is 47.5 Å². The molecule has 0 atom stereocenters. The van der Waals surface area contributed by atoms with Crippen molar-refractivity contribution < 1.29 is 9.47 Å². The summed E-state index contributed by atoms with van der Waals surface area (Å²) < 4.78 is 10.8. The van der Waals surface area contributed by atoms with Crippen LogP contribution in [0.4, 0.5) is 5.82 Å². The van der Waals surface area contributed by atoms with Gasteiger partial charge in [-0.1, -0.05) is 48.7 Å².